The molecule has 0 unspecified atom stereocenters. The largest absolute Gasteiger partial charge is 0.379 e. The lowest BCUT2D eigenvalue weighted by molar-refractivity contribution is -0.0601. The van der Waals surface area contributed by atoms with E-state index in [-0.39, 0.29) is 16.2 Å². The van der Waals surface area contributed by atoms with Gasteiger partial charge in [-0.1, -0.05) is 11.6 Å². The van der Waals surface area contributed by atoms with Crippen molar-refractivity contribution in [3.8, 4) is 0 Å². The minimum absolute atomic E-state index is 0.108. The molecule has 1 aromatic heterocycles. The zero-order chi connectivity index (χ0) is 13.2. The van der Waals surface area contributed by atoms with Crippen LogP contribution in [0.25, 0.3) is 0 Å². The molecule has 5 nitrogen and oxygen atoms in total. The maximum atomic E-state index is 11.8. The summed E-state index contributed by atoms with van der Waals surface area (Å²) in [5.41, 5.74) is 0.210. The molecule has 0 amide bonds. The standard InChI is InChI=1S/C12H18ClN3O2/c1-3-16-11(17)10(13)9(7-15-16)14-8-12(18-2)5-4-6-12/h7,14H,3-6,8H2,1-2H3. The lowest BCUT2D eigenvalue weighted by atomic mass is 9.80. The third kappa shape index (κ3) is 2.37. The number of hydrogen-bond acceptors (Lipinski definition) is 4. The summed E-state index contributed by atoms with van der Waals surface area (Å²) in [6.07, 6.45) is 4.84. The average Bonchev–Trinajstić information content (AvgIpc) is 2.33. The molecule has 1 aliphatic rings. The molecular formula is C12H18ClN3O2. The van der Waals surface area contributed by atoms with Gasteiger partial charge in [-0.3, -0.25) is 4.79 Å². The van der Waals surface area contributed by atoms with Gasteiger partial charge >= 0.3 is 0 Å². The van der Waals surface area contributed by atoms with Crippen molar-refractivity contribution in [2.45, 2.75) is 38.3 Å². The number of ether oxygens (including phenoxy) is 1. The van der Waals surface area contributed by atoms with Crippen molar-refractivity contribution < 1.29 is 4.74 Å². The summed E-state index contributed by atoms with van der Waals surface area (Å²) in [6.45, 7) is 3.02. The summed E-state index contributed by atoms with van der Waals surface area (Å²) in [4.78, 5) is 11.8. The molecule has 0 aromatic carbocycles. The van der Waals surface area contributed by atoms with Crippen LogP contribution in [0, 0.1) is 0 Å². The van der Waals surface area contributed by atoms with E-state index in [0.29, 0.717) is 18.8 Å². The molecule has 1 N–H and O–H groups in total. The minimum Gasteiger partial charge on any atom is -0.379 e. The van der Waals surface area contributed by atoms with Gasteiger partial charge in [0.2, 0.25) is 0 Å². The van der Waals surface area contributed by atoms with Gasteiger partial charge in [0, 0.05) is 20.2 Å². The fraction of sp³-hybridized carbons (Fsp3) is 0.667. The van der Waals surface area contributed by atoms with Crippen LogP contribution in [0.15, 0.2) is 11.0 Å². The SMILES string of the molecule is CCn1ncc(NCC2(OC)CCC2)c(Cl)c1=O. The number of aromatic nitrogens is 2. The molecule has 2 rings (SSSR count). The molecule has 1 fully saturated rings. The number of hydrogen-bond donors (Lipinski definition) is 1. The van der Waals surface area contributed by atoms with E-state index in [4.69, 9.17) is 16.3 Å². The Kier molecular flexibility index (Phi) is 3.92. The first kappa shape index (κ1) is 13.4. The van der Waals surface area contributed by atoms with E-state index < -0.39 is 0 Å². The first-order valence-corrected chi connectivity index (χ1v) is 6.54. The van der Waals surface area contributed by atoms with Crippen molar-refractivity contribution in [2.24, 2.45) is 0 Å². The number of halogens is 1. The summed E-state index contributed by atoms with van der Waals surface area (Å²) in [5.74, 6) is 0. The van der Waals surface area contributed by atoms with Gasteiger partial charge in [-0.2, -0.15) is 5.10 Å². The topological polar surface area (TPSA) is 56.1 Å². The van der Waals surface area contributed by atoms with E-state index in [9.17, 15) is 4.79 Å². The van der Waals surface area contributed by atoms with Gasteiger partial charge in [0.05, 0.1) is 17.5 Å². The summed E-state index contributed by atoms with van der Waals surface area (Å²) in [5, 5.41) is 7.40. The molecule has 0 atom stereocenters. The third-order valence-electron chi connectivity index (χ3n) is 3.58. The Morgan fingerprint density at radius 3 is 2.83 bits per heavy atom. The zero-order valence-corrected chi connectivity index (χ0v) is 11.5. The van der Waals surface area contributed by atoms with Gasteiger partial charge in [-0.15, -0.1) is 0 Å². The Morgan fingerprint density at radius 2 is 2.33 bits per heavy atom. The number of anilines is 1. The summed E-state index contributed by atoms with van der Waals surface area (Å²) in [6, 6.07) is 0. The van der Waals surface area contributed by atoms with Crippen LogP contribution in [0.5, 0.6) is 0 Å². The number of nitrogens with one attached hydrogen (secondary N) is 1. The van der Waals surface area contributed by atoms with Crippen molar-refractivity contribution in [1.29, 1.82) is 0 Å². The van der Waals surface area contributed by atoms with Gasteiger partial charge in [-0.25, -0.2) is 4.68 Å². The van der Waals surface area contributed by atoms with Crippen molar-refractivity contribution in [2.75, 3.05) is 19.0 Å². The van der Waals surface area contributed by atoms with Crippen LogP contribution >= 0.6 is 11.6 Å². The first-order valence-electron chi connectivity index (χ1n) is 6.16. The molecule has 6 heteroatoms. The molecule has 1 aliphatic carbocycles. The van der Waals surface area contributed by atoms with Crippen LogP contribution in [0.3, 0.4) is 0 Å². The van der Waals surface area contributed by atoms with Gasteiger partial charge in [-0.05, 0) is 26.2 Å². The molecule has 1 aromatic rings. The highest BCUT2D eigenvalue weighted by Crippen LogP contribution is 2.35. The van der Waals surface area contributed by atoms with E-state index in [0.717, 1.165) is 12.8 Å². The molecular weight excluding hydrogens is 254 g/mol. The van der Waals surface area contributed by atoms with Crippen molar-refractivity contribution in [3.05, 3.63) is 21.6 Å². The van der Waals surface area contributed by atoms with Gasteiger partial charge < -0.3 is 10.1 Å². The van der Waals surface area contributed by atoms with Crippen molar-refractivity contribution in [1.82, 2.24) is 9.78 Å². The Bertz CT molecular complexity index is 477. The van der Waals surface area contributed by atoms with Gasteiger partial charge in [0.25, 0.3) is 5.56 Å². The molecule has 0 spiro atoms. The molecule has 100 valence electrons. The van der Waals surface area contributed by atoms with Crippen LogP contribution in [0.4, 0.5) is 5.69 Å². The van der Waals surface area contributed by atoms with E-state index >= 15 is 0 Å². The Morgan fingerprint density at radius 1 is 1.61 bits per heavy atom. The first-order chi connectivity index (χ1) is 8.62. The quantitative estimate of drug-likeness (QED) is 0.889. The predicted octanol–water partition coefficient (Wildman–Crippen LogP) is 1.90. The van der Waals surface area contributed by atoms with E-state index in [2.05, 4.69) is 10.4 Å². The van der Waals surface area contributed by atoms with E-state index in [1.165, 1.54) is 11.1 Å². The fourth-order valence-corrected chi connectivity index (χ4v) is 2.31. The van der Waals surface area contributed by atoms with Gasteiger partial charge in [0.15, 0.2) is 0 Å². The Hall–Kier alpha value is -1.07. The number of methoxy groups -OCH3 is 1. The number of rotatable bonds is 5. The summed E-state index contributed by atoms with van der Waals surface area (Å²) < 4.78 is 6.84. The number of aryl methyl sites for hydroxylation is 1. The lowest BCUT2D eigenvalue weighted by Gasteiger charge is -2.40. The summed E-state index contributed by atoms with van der Waals surface area (Å²) >= 11 is 6.03. The van der Waals surface area contributed by atoms with Crippen molar-refractivity contribution >= 4 is 17.3 Å². The predicted molar refractivity (Wildman–Crippen MR) is 71.3 cm³/mol. The normalized spacial score (nSPS) is 17.3. The zero-order valence-electron chi connectivity index (χ0n) is 10.7. The van der Waals surface area contributed by atoms with Crippen LogP contribution in [-0.2, 0) is 11.3 Å². The molecule has 1 heterocycles. The highest BCUT2D eigenvalue weighted by atomic mass is 35.5. The van der Waals surface area contributed by atoms with Crippen molar-refractivity contribution in [3.63, 3.8) is 0 Å². The third-order valence-corrected chi connectivity index (χ3v) is 3.95. The molecule has 0 bridgehead atoms. The average molecular weight is 272 g/mol. The molecule has 0 radical (unpaired) electrons. The second-order valence-corrected chi connectivity index (χ2v) is 4.97. The molecule has 18 heavy (non-hydrogen) atoms. The Labute approximate surface area is 111 Å². The number of nitrogens with zero attached hydrogens (tertiary/aromatic N) is 2. The molecule has 1 saturated carbocycles. The highest BCUT2D eigenvalue weighted by Gasteiger charge is 2.36. The Balaban J connectivity index is 2.10. The van der Waals surface area contributed by atoms with Crippen LogP contribution in [0.1, 0.15) is 26.2 Å². The monoisotopic (exact) mass is 271 g/mol. The molecule has 0 saturated heterocycles. The maximum Gasteiger partial charge on any atom is 0.287 e. The van der Waals surface area contributed by atoms with Crippen LogP contribution < -0.4 is 10.9 Å². The van der Waals surface area contributed by atoms with Gasteiger partial charge in [0.1, 0.15) is 5.02 Å². The second-order valence-electron chi connectivity index (χ2n) is 4.59. The fourth-order valence-electron chi connectivity index (χ4n) is 2.09. The smallest absolute Gasteiger partial charge is 0.287 e. The highest BCUT2D eigenvalue weighted by molar-refractivity contribution is 6.32. The van der Waals surface area contributed by atoms with E-state index in [1.54, 1.807) is 13.3 Å². The lowest BCUT2D eigenvalue weighted by Crippen LogP contribution is -2.45. The maximum absolute atomic E-state index is 11.8. The molecule has 0 aliphatic heterocycles. The van der Waals surface area contributed by atoms with Crippen LogP contribution in [0.2, 0.25) is 5.02 Å². The summed E-state index contributed by atoms with van der Waals surface area (Å²) in [7, 11) is 1.72. The van der Waals surface area contributed by atoms with Crippen LogP contribution in [-0.4, -0.2) is 29.0 Å². The minimum atomic E-state index is -0.260. The second kappa shape index (κ2) is 5.28. The van der Waals surface area contributed by atoms with E-state index in [1.807, 2.05) is 6.92 Å².